The summed E-state index contributed by atoms with van der Waals surface area (Å²) in [5.41, 5.74) is 1.08. The second-order valence-electron chi connectivity index (χ2n) is 7.80. The predicted molar refractivity (Wildman–Crippen MR) is 125 cm³/mol. The summed E-state index contributed by atoms with van der Waals surface area (Å²) < 4.78 is 12.1. The molecule has 35 heavy (non-hydrogen) atoms. The number of rotatable bonds is 6. The molecule has 0 atom stereocenters. The number of halogens is 1. The summed E-state index contributed by atoms with van der Waals surface area (Å²) in [6.45, 7) is 1.15. The average molecular weight is 493 g/mol. The molecule has 0 aliphatic carbocycles. The topological polar surface area (TPSA) is 123 Å². The summed E-state index contributed by atoms with van der Waals surface area (Å²) in [7, 11) is 0. The van der Waals surface area contributed by atoms with Crippen LogP contribution in [-0.4, -0.2) is 38.7 Å². The van der Waals surface area contributed by atoms with Crippen LogP contribution >= 0.6 is 11.6 Å². The third-order valence-corrected chi connectivity index (χ3v) is 5.53. The highest BCUT2D eigenvalue weighted by molar-refractivity contribution is 6.30. The minimum absolute atomic E-state index is 0.0857. The molecule has 3 heterocycles. The monoisotopic (exact) mass is 492 g/mol. The smallest absolute Gasteiger partial charge is 0.287 e. The quantitative estimate of drug-likeness (QED) is 0.410. The lowest BCUT2D eigenvalue weighted by Crippen LogP contribution is -2.37. The summed E-state index contributed by atoms with van der Waals surface area (Å²) in [5.74, 6) is -0.909. The van der Waals surface area contributed by atoms with Crippen LogP contribution in [0.4, 0.5) is 5.69 Å². The number of carbonyl (C=O) groups is 3. The Kier molecular flexibility index (Phi) is 5.58. The molecule has 0 radical (unpaired) electrons. The number of hydrogen-bond acceptors (Lipinski definition) is 7. The Morgan fingerprint density at radius 3 is 2.49 bits per heavy atom. The van der Waals surface area contributed by atoms with E-state index in [4.69, 9.17) is 20.9 Å². The third-order valence-electron chi connectivity index (χ3n) is 5.30. The standard InChI is InChI=1S/C24H17ClN4O6/c1-13-8-20-26-15(10-22(31)29(20)35-13)12-34-19-9-14(25)6-7-18(19)27-21(30)11-28-23(32)16-4-2-3-5-17(16)24(28)33/h2-10H,11-12H2,1H3,(H,27,30). The Hall–Kier alpha value is -4.44. The van der Waals surface area contributed by atoms with Crippen LogP contribution in [0.1, 0.15) is 32.2 Å². The molecule has 0 bridgehead atoms. The molecule has 0 fully saturated rings. The first-order valence-electron chi connectivity index (χ1n) is 10.5. The van der Waals surface area contributed by atoms with E-state index >= 15 is 0 Å². The number of nitrogens with zero attached hydrogens (tertiary/aromatic N) is 3. The molecule has 1 N–H and O–H groups in total. The number of fused-ring (bicyclic) bond motifs is 2. The Morgan fingerprint density at radius 1 is 1.06 bits per heavy atom. The number of amides is 3. The number of imide groups is 1. The molecule has 4 aromatic rings. The van der Waals surface area contributed by atoms with Gasteiger partial charge in [0.2, 0.25) is 5.91 Å². The van der Waals surface area contributed by atoms with Crippen LogP contribution in [0, 0.1) is 6.92 Å². The van der Waals surface area contributed by atoms with Gasteiger partial charge in [0.05, 0.1) is 22.5 Å². The minimum atomic E-state index is -0.599. The van der Waals surface area contributed by atoms with Gasteiger partial charge in [-0.15, -0.1) is 4.57 Å². The minimum Gasteiger partial charge on any atom is -0.485 e. The zero-order chi connectivity index (χ0) is 24.7. The summed E-state index contributed by atoms with van der Waals surface area (Å²) >= 11 is 6.10. The van der Waals surface area contributed by atoms with Crippen LogP contribution in [0.15, 0.2) is 63.9 Å². The number of nitrogens with one attached hydrogen (secondary N) is 1. The van der Waals surface area contributed by atoms with Gasteiger partial charge in [-0.25, -0.2) is 4.98 Å². The van der Waals surface area contributed by atoms with Gasteiger partial charge in [-0.05, 0) is 31.2 Å². The summed E-state index contributed by atoms with van der Waals surface area (Å²) in [4.78, 5) is 55.2. The van der Waals surface area contributed by atoms with Gasteiger partial charge in [-0.3, -0.25) is 24.1 Å². The summed E-state index contributed by atoms with van der Waals surface area (Å²) in [6, 6.07) is 13.9. The van der Waals surface area contributed by atoms with E-state index in [1.54, 1.807) is 43.3 Å². The van der Waals surface area contributed by atoms with E-state index in [1.807, 2.05) is 0 Å². The van der Waals surface area contributed by atoms with Crippen molar-refractivity contribution in [3.8, 4) is 5.75 Å². The van der Waals surface area contributed by atoms with E-state index in [2.05, 4.69) is 10.3 Å². The zero-order valence-corrected chi connectivity index (χ0v) is 19.0. The van der Waals surface area contributed by atoms with Crippen molar-refractivity contribution in [2.45, 2.75) is 13.5 Å². The van der Waals surface area contributed by atoms with Crippen LogP contribution in [-0.2, 0) is 11.4 Å². The number of anilines is 1. The van der Waals surface area contributed by atoms with Crippen molar-refractivity contribution in [1.82, 2.24) is 14.5 Å². The molecular weight excluding hydrogens is 476 g/mol. The van der Waals surface area contributed by atoms with Gasteiger partial charge in [-0.1, -0.05) is 23.7 Å². The Morgan fingerprint density at radius 2 is 1.77 bits per heavy atom. The molecule has 10 nitrogen and oxygen atoms in total. The maximum atomic E-state index is 12.7. The van der Waals surface area contributed by atoms with E-state index in [-0.39, 0.29) is 29.2 Å². The summed E-state index contributed by atoms with van der Waals surface area (Å²) in [6.07, 6.45) is 0. The van der Waals surface area contributed by atoms with Gasteiger partial charge in [-0.2, -0.15) is 0 Å². The molecule has 2 aromatic carbocycles. The molecule has 0 unspecified atom stereocenters. The van der Waals surface area contributed by atoms with Crippen molar-refractivity contribution in [3.05, 3.63) is 92.6 Å². The van der Waals surface area contributed by atoms with Gasteiger partial charge in [0.1, 0.15) is 24.7 Å². The van der Waals surface area contributed by atoms with Gasteiger partial charge in [0.25, 0.3) is 17.4 Å². The highest BCUT2D eigenvalue weighted by Crippen LogP contribution is 2.29. The van der Waals surface area contributed by atoms with Gasteiger partial charge < -0.3 is 14.6 Å². The highest BCUT2D eigenvalue weighted by Gasteiger charge is 2.36. The Balaban J connectivity index is 1.31. The van der Waals surface area contributed by atoms with Crippen LogP contribution < -0.4 is 15.6 Å². The lowest BCUT2D eigenvalue weighted by atomic mass is 10.1. The first-order valence-corrected chi connectivity index (χ1v) is 10.8. The SMILES string of the molecule is Cc1cc2nc(COc3cc(Cl)ccc3NC(=O)CN3C(=O)c4ccccc4C3=O)cc(=O)n2o1. The molecular formula is C24H17ClN4O6. The fourth-order valence-electron chi connectivity index (χ4n) is 3.73. The lowest BCUT2D eigenvalue weighted by Gasteiger charge is -2.16. The average Bonchev–Trinajstić information content (AvgIpc) is 3.32. The maximum Gasteiger partial charge on any atom is 0.287 e. The van der Waals surface area contributed by atoms with Crippen LogP contribution in [0.25, 0.3) is 5.65 Å². The summed E-state index contributed by atoms with van der Waals surface area (Å²) in [5, 5.41) is 3.00. The maximum absolute atomic E-state index is 12.7. The van der Waals surface area contributed by atoms with Crippen LogP contribution in [0.2, 0.25) is 5.02 Å². The van der Waals surface area contributed by atoms with Gasteiger partial charge in [0.15, 0.2) is 5.65 Å². The van der Waals surface area contributed by atoms with Crippen LogP contribution in [0.5, 0.6) is 5.75 Å². The van der Waals surface area contributed by atoms with E-state index in [9.17, 15) is 19.2 Å². The van der Waals surface area contributed by atoms with Crippen molar-refractivity contribution in [2.75, 3.05) is 11.9 Å². The van der Waals surface area contributed by atoms with E-state index < -0.39 is 29.8 Å². The van der Waals surface area contributed by atoms with E-state index in [1.165, 1.54) is 18.2 Å². The first kappa shape index (κ1) is 22.4. The number of benzene rings is 2. The Labute approximate surface area is 202 Å². The van der Waals surface area contributed by atoms with Gasteiger partial charge >= 0.3 is 0 Å². The van der Waals surface area contributed by atoms with E-state index in [0.29, 0.717) is 22.1 Å². The third kappa shape index (κ3) is 4.26. The molecule has 1 aliphatic rings. The van der Waals surface area contributed by atoms with Crippen molar-refractivity contribution in [2.24, 2.45) is 0 Å². The molecule has 0 saturated carbocycles. The number of ether oxygens (including phenoxy) is 1. The molecule has 2 aromatic heterocycles. The predicted octanol–water partition coefficient (Wildman–Crippen LogP) is 3.06. The van der Waals surface area contributed by atoms with Crippen molar-refractivity contribution < 1.29 is 23.6 Å². The Bertz CT molecular complexity index is 1540. The van der Waals surface area contributed by atoms with Crippen molar-refractivity contribution >= 4 is 40.7 Å². The number of aromatic nitrogens is 2. The van der Waals surface area contributed by atoms with Crippen LogP contribution in [0.3, 0.4) is 0 Å². The number of carbonyl (C=O) groups excluding carboxylic acids is 3. The molecule has 0 spiro atoms. The van der Waals surface area contributed by atoms with Gasteiger partial charge in [0, 0.05) is 23.2 Å². The van der Waals surface area contributed by atoms with Crippen molar-refractivity contribution in [1.29, 1.82) is 0 Å². The molecule has 5 rings (SSSR count). The molecule has 11 heteroatoms. The zero-order valence-electron chi connectivity index (χ0n) is 18.3. The lowest BCUT2D eigenvalue weighted by molar-refractivity contribution is -0.116. The molecule has 3 amide bonds. The highest BCUT2D eigenvalue weighted by atomic mass is 35.5. The first-order chi connectivity index (χ1) is 16.8. The second-order valence-corrected chi connectivity index (χ2v) is 8.24. The fraction of sp³-hybridized carbons (Fsp3) is 0.125. The fourth-order valence-corrected chi connectivity index (χ4v) is 3.90. The van der Waals surface area contributed by atoms with E-state index in [0.717, 1.165) is 9.47 Å². The molecule has 176 valence electrons. The van der Waals surface area contributed by atoms with Crippen molar-refractivity contribution in [3.63, 3.8) is 0 Å². The second kappa shape index (κ2) is 8.73. The normalized spacial score (nSPS) is 12.8. The largest absolute Gasteiger partial charge is 0.485 e. The molecule has 1 aliphatic heterocycles. The molecule has 0 saturated heterocycles. The number of hydrogen-bond donors (Lipinski definition) is 1. The number of aryl methyl sites for hydroxylation is 1.